The zero-order valence-electron chi connectivity index (χ0n) is 12.3. The number of anilines is 2. The van der Waals surface area contributed by atoms with Crippen LogP contribution in [-0.4, -0.2) is 23.1 Å². The van der Waals surface area contributed by atoms with Crippen molar-refractivity contribution in [2.75, 3.05) is 24.1 Å². The molecule has 3 rings (SSSR count). The summed E-state index contributed by atoms with van der Waals surface area (Å²) in [4.78, 5) is 8.89. The molecule has 1 aromatic heterocycles. The van der Waals surface area contributed by atoms with Gasteiger partial charge in [-0.3, -0.25) is 0 Å². The van der Waals surface area contributed by atoms with Crippen LogP contribution in [0.4, 0.5) is 11.8 Å². The van der Waals surface area contributed by atoms with E-state index in [1.807, 2.05) is 24.3 Å². The predicted octanol–water partition coefficient (Wildman–Crippen LogP) is 2.39. The minimum Gasteiger partial charge on any atom is -0.383 e. The second kappa shape index (κ2) is 6.26. The van der Waals surface area contributed by atoms with Crippen LogP contribution in [0.2, 0.25) is 0 Å². The van der Waals surface area contributed by atoms with E-state index in [-0.39, 0.29) is 0 Å². The maximum Gasteiger partial charge on any atom is 0.225 e. The minimum absolute atomic E-state index is 0.534. The van der Waals surface area contributed by atoms with Crippen molar-refractivity contribution in [3.05, 3.63) is 24.3 Å². The number of fused-ring (bicyclic) bond motifs is 1. The molecule has 0 amide bonds. The molecule has 0 radical (unpaired) electrons. The van der Waals surface area contributed by atoms with Gasteiger partial charge >= 0.3 is 0 Å². The van der Waals surface area contributed by atoms with E-state index >= 15 is 0 Å². The number of nitrogens with two attached hydrogens (primary N) is 2. The smallest absolute Gasteiger partial charge is 0.225 e. The van der Waals surface area contributed by atoms with E-state index in [0.29, 0.717) is 23.6 Å². The molecule has 1 saturated carbocycles. The average molecular weight is 285 g/mol. The third-order valence-electron chi connectivity index (χ3n) is 4.41. The van der Waals surface area contributed by atoms with E-state index < -0.39 is 0 Å². The Morgan fingerprint density at radius 2 is 1.95 bits per heavy atom. The zero-order chi connectivity index (χ0) is 14.7. The lowest BCUT2D eigenvalue weighted by Gasteiger charge is -2.28. The number of hydrogen-bond donors (Lipinski definition) is 3. The summed E-state index contributed by atoms with van der Waals surface area (Å²) >= 11 is 0. The molecule has 2 aromatic rings. The van der Waals surface area contributed by atoms with Crippen molar-refractivity contribution in [1.82, 2.24) is 9.97 Å². The highest BCUT2D eigenvalue weighted by atomic mass is 15.1. The Kier molecular flexibility index (Phi) is 4.20. The Morgan fingerprint density at radius 1 is 1.14 bits per heavy atom. The first-order valence-electron chi connectivity index (χ1n) is 7.72. The van der Waals surface area contributed by atoms with Crippen LogP contribution < -0.4 is 16.8 Å². The summed E-state index contributed by atoms with van der Waals surface area (Å²) in [6, 6.07) is 7.82. The molecule has 0 aliphatic heterocycles. The van der Waals surface area contributed by atoms with Gasteiger partial charge < -0.3 is 16.8 Å². The van der Waals surface area contributed by atoms with Gasteiger partial charge in [0.05, 0.1) is 5.52 Å². The molecule has 1 heterocycles. The maximum absolute atomic E-state index is 6.00. The molecule has 0 saturated heterocycles. The molecule has 5 N–H and O–H groups in total. The summed E-state index contributed by atoms with van der Waals surface area (Å²) in [5, 5.41) is 4.26. The van der Waals surface area contributed by atoms with Crippen molar-refractivity contribution in [2.24, 2.45) is 17.6 Å². The fourth-order valence-corrected chi connectivity index (χ4v) is 3.22. The second-order valence-corrected chi connectivity index (χ2v) is 5.96. The van der Waals surface area contributed by atoms with E-state index in [4.69, 9.17) is 11.5 Å². The van der Waals surface area contributed by atoms with Crippen LogP contribution in [0.1, 0.15) is 25.7 Å². The first-order chi connectivity index (χ1) is 10.3. The number of nitrogens with zero attached hydrogens (tertiary/aromatic N) is 2. The lowest BCUT2D eigenvalue weighted by molar-refractivity contribution is 0.281. The molecule has 1 aliphatic rings. The van der Waals surface area contributed by atoms with Crippen LogP contribution in [-0.2, 0) is 0 Å². The highest BCUT2D eigenvalue weighted by molar-refractivity contribution is 5.88. The van der Waals surface area contributed by atoms with Gasteiger partial charge in [0, 0.05) is 11.9 Å². The van der Waals surface area contributed by atoms with Gasteiger partial charge in [-0.25, -0.2) is 4.98 Å². The summed E-state index contributed by atoms with van der Waals surface area (Å²) in [7, 11) is 0. The number of nitrogen functional groups attached to an aromatic ring is 1. The van der Waals surface area contributed by atoms with Gasteiger partial charge in [-0.05, 0) is 49.8 Å². The molecule has 1 aliphatic carbocycles. The monoisotopic (exact) mass is 285 g/mol. The topological polar surface area (TPSA) is 89.8 Å². The Balaban J connectivity index is 1.68. The molecule has 5 nitrogen and oxygen atoms in total. The largest absolute Gasteiger partial charge is 0.383 e. The fourth-order valence-electron chi connectivity index (χ4n) is 3.22. The van der Waals surface area contributed by atoms with Gasteiger partial charge in [0.25, 0.3) is 0 Å². The number of benzene rings is 1. The highest BCUT2D eigenvalue weighted by Gasteiger charge is 2.21. The molecular formula is C16H23N5. The van der Waals surface area contributed by atoms with E-state index in [2.05, 4.69) is 15.3 Å². The molecule has 1 aromatic carbocycles. The fraction of sp³-hybridized carbons (Fsp3) is 0.500. The number of rotatable bonds is 4. The Bertz CT molecular complexity index is 613. The molecule has 112 valence electrons. The Hall–Kier alpha value is -1.88. The maximum atomic E-state index is 6.00. The molecule has 21 heavy (non-hydrogen) atoms. The summed E-state index contributed by atoms with van der Waals surface area (Å²) in [6.07, 6.45) is 5.00. The lowest BCUT2D eigenvalue weighted by atomic mass is 9.81. The van der Waals surface area contributed by atoms with E-state index in [9.17, 15) is 0 Å². The number of aromatic nitrogens is 2. The Labute approximate surface area is 125 Å². The average Bonchev–Trinajstić information content (AvgIpc) is 2.53. The first-order valence-corrected chi connectivity index (χ1v) is 7.72. The third kappa shape index (κ3) is 3.24. The summed E-state index contributed by atoms with van der Waals surface area (Å²) in [5.41, 5.74) is 12.7. The molecule has 1 fully saturated rings. The first kappa shape index (κ1) is 14.1. The summed E-state index contributed by atoms with van der Waals surface area (Å²) in [6.45, 7) is 1.70. The van der Waals surface area contributed by atoms with Crippen molar-refractivity contribution in [3.8, 4) is 0 Å². The van der Waals surface area contributed by atoms with Gasteiger partial charge in [-0.15, -0.1) is 0 Å². The van der Waals surface area contributed by atoms with Crippen LogP contribution in [0, 0.1) is 11.8 Å². The van der Waals surface area contributed by atoms with Crippen LogP contribution in [0.3, 0.4) is 0 Å². The van der Waals surface area contributed by atoms with E-state index in [1.165, 1.54) is 25.7 Å². The zero-order valence-corrected chi connectivity index (χ0v) is 12.3. The lowest BCUT2D eigenvalue weighted by Crippen LogP contribution is -2.26. The predicted molar refractivity (Wildman–Crippen MR) is 86.9 cm³/mol. The molecule has 0 bridgehead atoms. The standard InChI is InChI=1S/C16H23N5/c17-9-11-4-3-5-12(8-11)10-19-16-20-14-7-2-1-6-13(14)15(18)21-16/h1-2,6-7,11-12H,3-5,8-10,17H2,(H3,18,19,20,21). The Morgan fingerprint density at radius 3 is 2.81 bits per heavy atom. The summed E-state index contributed by atoms with van der Waals surface area (Å²) in [5.74, 6) is 2.49. The van der Waals surface area contributed by atoms with E-state index in [1.54, 1.807) is 0 Å². The van der Waals surface area contributed by atoms with Crippen LogP contribution in [0.5, 0.6) is 0 Å². The molecule has 0 spiro atoms. The summed E-state index contributed by atoms with van der Waals surface area (Å²) < 4.78 is 0. The van der Waals surface area contributed by atoms with Gasteiger partial charge in [-0.1, -0.05) is 18.6 Å². The van der Waals surface area contributed by atoms with Crippen molar-refractivity contribution in [2.45, 2.75) is 25.7 Å². The molecule has 2 unspecified atom stereocenters. The molecule has 2 atom stereocenters. The van der Waals surface area contributed by atoms with Crippen molar-refractivity contribution in [3.63, 3.8) is 0 Å². The third-order valence-corrected chi connectivity index (χ3v) is 4.41. The number of nitrogens with one attached hydrogen (secondary N) is 1. The van der Waals surface area contributed by atoms with Crippen LogP contribution >= 0.6 is 0 Å². The van der Waals surface area contributed by atoms with Crippen molar-refractivity contribution in [1.29, 1.82) is 0 Å². The number of para-hydroxylation sites is 1. The number of hydrogen-bond acceptors (Lipinski definition) is 5. The van der Waals surface area contributed by atoms with Gasteiger partial charge in [0.1, 0.15) is 5.82 Å². The van der Waals surface area contributed by atoms with Crippen molar-refractivity contribution < 1.29 is 0 Å². The van der Waals surface area contributed by atoms with Crippen LogP contribution in [0.25, 0.3) is 10.9 Å². The van der Waals surface area contributed by atoms with Crippen LogP contribution in [0.15, 0.2) is 24.3 Å². The van der Waals surface area contributed by atoms with Gasteiger partial charge in [0.2, 0.25) is 5.95 Å². The quantitative estimate of drug-likeness (QED) is 0.802. The highest BCUT2D eigenvalue weighted by Crippen LogP contribution is 2.28. The van der Waals surface area contributed by atoms with Gasteiger partial charge in [-0.2, -0.15) is 4.98 Å². The normalized spacial score (nSPS) is 22.3. The molecular weight excluding hydrogens is 262 g/mol. The van der Waals surface area contributed by atoms with E-state index in [0.717, 1.165) is 24.0 Å². The minimum atomic E-state index is 0.534. The van der Waals surface area contributed by atoms with Gasteiger partial charge in [0.15, 0.2) is 0 Å². The second-order valence-electron chi connectivity index (χ2n) is 5.96. The molecule has 5 heteroatoms. The SMILES string of the molecule is NCC1CCCC(CNc2nc(N)c3ccccc3n2)C1. The van der Waals surface area contributed by atoms with Crippen molar-refractivity contribution >= 4 is 22.7 Å².